The van der Waals surface area contributed by atoms with Crippen molar-refractivity contribution in [3.63, 3.8) is 0 Å². The lowest BCUT2D eigenvalue weighted by Gasteiger charge is -2.37. The molecular weight excluding hydrogens is 352 g/mol. The van der Waals surface area contributed by atoms with Gasteiger partial charge >= 0.3 is 17.9 Å². The SMILES string of the molecule is CC(C)COC(=O)C1(N)CCN(Cc2ccccc2)CC1.O=C(O)C(=O)O. The van der Waals surface area contributed by atoms with Gasteiger partial charge in [-0.2, -0.15) is 0 Å². The van der Waals surface area contributed by atoms with E-state index < -0.39 is 17.5 Å². The molecular formula is C19H28N2O6. The normalized spacial score (nSPS) is 16.1. The molecule has 1 aromatic carbocycles. The number of hydrogen-bond donors (Lipinski definition) is 3. The van der Waals surface area contributed by atoms with E-state index in [9.17, 15) is 4.79 Å². The Bertz CT molecular complexity index is 612. The van der Waals surface area contributed by atoms with E-state index in [0.717, 1.165) is 19.6 Å². The number of piperidine rings is 1. The van der Waals surface area contributed by atoms with Crippen molar-refractivity contribution in [2.45, 2.75) is 38.8 Å². The maximum Gasteiger partial charge on any atom is 0.414 e. The Balaban J connectivity index is 0.000000527. The molecule has 0 aromatic heterocycles. The first-order valence-electron chi connectivity index (χ1n) is 8.82. The first kappa shape index (κ1) is 22.6. The number of nitrogens with zero attached hydrogens (tertiary/aromatic N) is 1. The standard InChI is InChI=1S/C17H26N2O2.C2H2O4/c1-14(2)13-21-16(20)17(18)8-10-19(11-9-17)12-15-6-4-3-5-7-15;3-1(4)2(5)6/h3-7,14H,8-13,18H2,1-2H3;(H,3,4)(H,5,6). The largest absolute Gasteiger partial charge is 0.473 e. The first-order valence-corrected chi connectivity index (χ1v) is 8.82. The molecule has 0 radical (unpaired) electrons. The van der Waals surface area contributed by atoms with Crippen molar-refractivity contribution in [1.82, 2.24) is 4.90 Å². The van der Waals surface area contributed by atoms with Gasteiger partial charge in [-0.25, -0.2) is 9.59 Å². The van der Waals surface area contributed by atoms with E-state index in [1.165, 1.54) is 5.56 Å². The third-order valence-electron chi connectivity index (χ3n) is 4.13. The van der Waals surface area contributed by atoms with Gasteiger partial charge in [0.25, 0.3) is 0 Å². The molecule has 0 amide bonds. The second kappa shape index (κ2) is 10.6. The Kier molecular flexibility index (Phi) is 8.90. The zero-order valence-corrected chi connectivity index (χ0v) is 15.8. The Hall–Kier alpha value is -2.45. The van der Waals surface area contributed by atoms with Gasteiger partial charge < -0.3 is 20.7 Å². The van der Waals surface area contributed by atoms with Crippen LogP contribution in [0.25, 0.3) is 0 Å². The van der Waals surface area contributed by atoms with Crippen LogP contribution in [0.1, 0.15) is 32.3 Å². The molecule has 0 unspecified atom stereocenters. The predicted molar refractivity (Wildman–Crippen MR) is 98.9 cm³/mol. The van der Waals surface area contributed by atoms with Crippen LogP contribution in [-0.4, -0.2) is 58.3 Å². The van der Waals surface area contributed by atoms with Crippen LogP contribution in [0.3, 0.4) is 0 Å². The maximum atomic E-state index is 12.1. The fraction of sp³-hybridized carbons (Fsp3) is 0.526. The van der Waals surface area contributed by atoms with Gasteiger partial charge in [-0.1, -0.05) is 44.2 Å². The highest BCUT2D eigenvalue weighted by Gasteiger charge is 2.39. The zero-order chi connectivity index (χ0) is 20.4. The molecule has 150 valence electrons. The number of ether oxygens (including phenoxy) is 1. The van der Waals surface area contributed by atoms with Gasteiger partial charge in [-0.05, 0) is 24.3 Å². The average molecular weight is 380 g/mol. The Morgan fingerprint density at radius 1 is 1.11 bits per heavy atom. The van der Waals surface area contributed by atoms with Gasteiger partial charge in [0.1, 0.15) is 5.54 Å². The molecule has 0 spiro atoms. The molecule has 1 fully saturated rings. The molecule has 2 rings (SSSR count). The van der Waals surface area contributed by atoms with Crippen molar-refractivity contribution < 1.29 is 29.3 Å². The molecule has 1 heterocycles. The lowest BCUT2D eigenvalue weighted by atomic mass is 9.88. The highest BCUT2D eigenvalue weighted by atomic mass is 16.5. The summed E-state index contributed by atoms with van der Waals surface area (Å²) in [6.45, 7) is 7.09. The minimum absolute atomic E-state index is 0.240. The van der Waals surface area contributed by atoms with Crippen LogP contribution < -0.4 is 5.73 Å². The highest BCUT2D eigenvalue weighted by Crippen LogP contribution is 2.22. The van der Waals surface area contributed by atoms with Gasteiger partial charge in [0.05, 0.1) is 6.61 Å². The van der Waals surface area contributed by atoms with Crippen LogP contribution in [0.5, 0.6) is 0 Å². The Labute approximate surface area is 158 Å². The summed E-state index contributed by atoms with van der Waals surface area (Å²) < 4.78 is 5.32. The number of rotatable bonds is 5. The topological polar surface area (TPSA) is 130 Å². The number of hydrogen-bond acceptors (Lipinski definition) is 6. The van der Waals surface area contributed by atoms with Crippen molar-refractivity contribution >= 4 is 17.9 Å². The van der Waals surface area contributed by atoms with Crippen molar-refractivity contribution in [3.05, 3.63) is 35.9 Å². The number of carbonyl (C=O) groups excluding carboxylic acids is 1. The van der Waals surface area contributed by atoms with E-state index in [-0.39, 0.29) is 5.97 Å². The van der Waals surface area contributed by atoms with E-state index >= 15 is 0 Å². The molecule has 1 saturated heterocycles. The summed E-state index contributed by atoms with van der Waals surface area (Å²) in [5, 5.41) is 14.8. The zero-order valence-electron chi connectivity index (χ0n) is 15.8. The minimum Gasteiger partial charge on any atom is -0.473 e. The number of carboxylic acids is 2. The molecule has 0 atom stereocenters. The number of likely N-dealkylation sites (tertiary alicyclic amines) is 1. The molecule has 1 aromatic rings. The van der Waals surface area contributed by atoms with Crippen LogP contribution in [0.2, 0.25) is 0 Å². The highest BCUT2D eigenvalue weighted by molar-refractivity contribution is 6.27. The summed E-state index contributed by atoms with van der Waals surface area (Å²) in [5.74, 6) is -3.55. The fourth-order valence-electron chi connectivity index (χ4n) is 2.54. The van der Waals surface area contributed by atoms with E-state index in [4.69, 9.17) is 30.3 Å². The number of aliphatic carboxylic acids is 2. The molecule has 27 heavy (non-hydrogen) atoms. The summed E-state index contributed by atoms with van der Waals surface area (Å²) in [6, 6.07) is 10.4. The molecule has 1 aliphatic heterocycles. The van der Waals surface area contributed by atoms with Crippen LogP contribution in [-0.2, 0) is 25.7 Å². The maximum absolute atomic E-state index is 12.1. The van der Waals surface area contributed by atoms with Crippen LogP contribution in [0.4, 0.5) is 0 Å². The summed E-state index contributed by atoms with van der Waals surface area (Å²) in [4.78, 5) is 32.7. The fourth-order valence-corrected chi connectivity index (χ4v) is 2.54. The molecule has 0 saturated carbocycles. The van der Waals surface area contributed by atoms with E-state index in [1.54, 1.807) is 0 Å². The lowest BCUT2D eigenvalue weighted by Crippen LogP contribution is -2.56. The van der Waals surface area contributed by atoms with Crippen LogP contribution in [0, 0.1) is 5.92 Å². The van der Waals surface area contributed by atoms with Gasteiger partial charge in [-0.15, -0.1) is 0 Å². The second-order valence-electron chi connectivity index (χ2n) is 7.02. The second-order valence-corrected chi connectivity index (χ2v) is 7.02. The van der Waals surface area contributed by atoms with Crippen molar-refractivity contribution in [2.24, 2.45) is 11.7 Å². The molecule has 4 N–H and O–H groups in total. The van der Waals surface area contributed by atoms with Gasteiger partial charge in [0.2, 0.25) is 0 Å². The Morgan fingerprint density at radius 3 is 2.07 bits per heavy atom. The van der Waals surface area contributed by atoms with Crippen molar-refractivity contribution in [3.8, 4) is 0 Å². The van der Waals surface area contributed by atoms with E-state index in [0.29, 0.717) is 25.4 Å². The predicted octanol–water partition coefficient (Wildman–Crippen LogP) is 1.33. The van der Waals surface area contributed by atoms with E-state index in [1.807, 2.05) is 19.9 Å². The minimum atomic E-state index is -1.82. The van der Waals surface area contributed by atoms with Crippen LogP contribution in [0.15, 0.2) is 30.3 Å². The number of carbonyl (C=O) groups is 3. The van der Waals surface area contributed by atoms with Gasteiger partial charge in [0, 0.05) is 19.6 Å². The molecule has 1 aliphatic rings. The number of carboxylic acid groups (broad SMARTS) is 2. The quantitative estimate of drug-likeness (QED) is 0.515. The van der Waals surface area contributed by atoms with Gasteiger partial charge in [0.15, 0.2) is 0 Å². The average Bonchev–Trinajstić information content (AvgIpc) is 2.63. The summed E-state index contributed by atoms with van der Waals surface area (Å²) in [6.07, 6.45) is 1.33. The summed E-state index contributed by atoms with van der Waals surface area (Å²) in [5.41, 5.74) is 6.74. The number of nitrogens with two attached hydrogens (primary N) is 1. The molecule has 0 bridgehead atoms. The number of benzene rings is 1. The Morgan fingerprint density at radius 2 is 1.63 bits per heavy atom. The molecule has 8 heteroatoms. The summed E-state index contributed by atoms with van der Waals surface area (Å²) in [7, 11) is 0. The summed E-state index contributed by atoms with van der Waals surface area (Å²) >= 11 is 0. The molecule has 0 aliphatic carbocycles. The van der Waals surface area contributed by atoms with Crippen molar-refractivity contribution in [1.29, 1.82) is 0 Å². The van der Waals surface area contributed by atoms with Crippen molar-refractivity contribution in [2.75, 3.05) is 19.7 Å². The van der Waals surface area contributed by atoms with Crippen LogP contribution >= 0.6 is 0 Å². The smallest absolute Gasteiger partial charge is 0.414 e. The third-order valence-corrected chi connectivity index (χ3v) is 4.13. The molecule has 8 nitrogen and oxygen atoms in total. The van der Waals surface area contributed by atoms with E-state index in [2.05, 4.69) is 29.2 Å². The third kappa shape index (κ3) is 8.19. The number of esters is 1. The first-order chi connectivity index (χ1) is 12.6. The lowest BCUT2D eigenvalue weighted by molar-refractivity contribution is -0.159. The monoisotopic (exact) mass is 380 g/mol. The van der Waals surface area contributed by atoms with Gasteiger partial charge in [-0.3, -0.25) is 9.69 Å².